The molecule has 0 unspecified atom stereocenters. The van der Waals surface area contributed by atoms with E-state index < -0.39 is 0 Å². The van der Waals surface area contributed by atoms with E-state index in [1.807, 2.05) is 6.08 Å². The molecule has 1 aliphatic carbocycles. The van der Waals surface area contributed by atoms with E-state index in [0.717, 1.165) is 35.8 Å². The van der Waals surface area contributed by atoms with Crippen molar-refractivity contribution in [3.63, 3.8) is 0 Å². The molecule has 1 N–H and O–H groups in total. The Morgan fingerprint density at radius 2 is 2.29 bits per heavy atom. The molecular weight excluding hydrogens is 254 g/mol. The second kappa shape index (κ2) is 6.16. The van der Waals surface area contributed by atoms with Gasteiger partial charge in [-0.15, -0.1) is 16.8 Å². The second-order valence-corrected chi connectivity index (χ2v) is 6.19. The predicted molar refractivity (Wildman–Crippen MR) is 71.4 cm³/mol. The van der Waals surface area contributed by atoms with Crippen LogP contribution in [0, 0.1) is 5.92 Å². The van der Waals surface area contributed by atoms with Crippen molar-refractivity contribution in [1.29, 1.82) is 0 Å². The third-order valence-corrected chi connectivity index (χ3v) is 4.66. The zero-order chi connectivity index (χ0) is 12.1. The molecule has 1 saturated carbocycles. The van der Waals surface area contributed by atoms with Crippen LogP contribution in [0.5, 0.6) is 0 Å². The lowest BCUT2D eigenvalue weighted by Gasteiger charge is -2.06. The van der Waals surface area contributed by atoms with Crippen molar-refractivity contribution in [2.24, 2.45) is 5.92 Å². The summed E-state index contributed by atoms with van der Waals surface area (Å²) in [5, 5.41) is 11.4. The van der Waals surface area contributed by atoms with Crippen LogP contribution in [0.2, 0.25) is 0 Å². The smallest absolute Gasteiger partial charge is 0.229 e. The number of hydrogen-bond donors (Lipinski definition) is 1. The van der Waals surface area contributed by atoms with Gasteiger partial charge in [0.25, 0.3) is 0 Å². The molecule has 4 nitrogen and oxygen atoms in total. The predicted octanol–water partition coefficient (Wildman–Crippen LogP) is 2.94. The van der Waals surface area contributed by atoms with Crippen LogP contribution in [0.1, 0.15) is 25.7 Å². The van der Waals surface area contributed by atoms with Gasteiger partial charge in [-0.1, -0.05) is 42.0 Å². The molecule has 0 aromatic carbocycles. The highest BCUT2D eigenvalue weighted by Crippen LogP contribution is 2.28. The van der Waals surface area contributed by atoms with Crippen molar-refractivity contribution in [2.75, 3.05) is 11.1 Å². The van der Waals surface area contributed by atoms with Crippen LogP contribution in [-0.4, -0.2) is 21.9 Å². The van der Waals surface area contributed by atoms with E-state index in [2.05, 4.69) is 22.1 Å². The molecule has 1 amide bonds. The first-order valence-corrected chi connectivity index (χ1v) is 7.48. The molecule has 1 aromatic rings. The van der Waals surface area contributed by atoms with Gasteiger partial charge in [0.15, 0.2) is 4.34 Å². The number of carbonyl (C=O) groups is 1. The van der Waals surface area contributed by atoms with Crippen LogP contribution < -0.4 is 5.32 Å². The van der Waals surface area contributed by atoms with Crippen LogP contribution in [0.25, 0.3) is 0 Å². The van der Waals surface area contributed by atoms with Crippen LogP contribution in [0.15, 0.2) is 17.0 Å². The number of hydrogen-bond acceptors (Lipinski definition) is 5. The zero-order valence-corrected chi connectivity index (χ0v) is 11.1. The minimum absolute atomic E-state index is 0.0962. The van der Waals surface area contributed by atoms with E-state index in [1.165, 1.54) is 11.3 Å². The fraction of sp³-hybridized carbons (Fsp3) is 0.545. The number of aromatic nitrogens is 2. The molecule has 6 heteroatoms. The lowest BCUT2D eigenvalue weighted by atomic mass is 10.1. The van der Waals surface area contributed by atoms with Gasteiger partial charge in [-0.2, -0.15) is 0 Å². The standard InChI is InChI=1S/C11H15N3OS2/c1-2-7-16-11-14-13-10(17-11)12-9(15)8-5-3-4-6-8/h2,8H,1,3-7H2,(H,12,13,15). The molecule has 1 fully saturated rings. The molecular formula is C11H15N3OS2. The number of thioether (sulfide) groups is 1. The summed E-state index contributed by atoms with van der Waals surface area (Å²) < 4.78 is 0.867. The maximum Gasteiger partial charge on any atom is 0.229 e. The number of nitrogens with one attached hydrogen (secondary N) is 1. The Labute approximate surface area is 109 Å². The maximum absolute atomic E-state index is 11.8. The van der Waals surface area contributed by atoms with Gasteiger partial charge in [-0.05, 0) is 12.8 Å². The molecule has 0 spiro atoms. The quantitative estimate of drug-likeness (QED) is 0.507. The summed E-state index contributed by atoms with van der Waals surface area (Å²) in [6.45, 7) is 3.65. The monoisotopic (exact) mass is 269 g/mol. The third-order valence-electron chi connectivity index (χ3n) is 2.69. The number of rotatable bonds is 5. The summed E-state index contributed by atoms with van der Waals surface area (Å²) in [7, 11) is 0. The minimum Gasteiger partial charge on any atom is -0.300 e. The summed E-state index contributed by atoms with van der Waals surface area (Å²) in [5.74, 6) is 1.08. The number of carbonyl (C=O) groups excluding carboxylic acids is 1. The summed E-state index contributed by atoms with van der Waals surface area (Å²) in [4.78, 5) is 11.8. The van der Waals surface area contributed by atoms with Crippen LogP contribution in [0.3, 0.4) is 0 Å². The van der Waals surface area contributed by atoms with Crippen molar-refractivity contribution in [1.82, 2.24) is 10.2 Å². The average Bonchev–Trinajstić information content (AvgIpc) is 2.97. The second-order valence-electron chi connectivity index (χ2n) is 3.94. The summed E-state index contributed by atoms with van der Waals surface area (Å²) in [5.41, 5.74) is 0. The molecule has 0 aliphatic heterocycles. The third kappa shape index (κ3) is 3.54. The fourth-order valence-corrected chi connectivity index (χ4v) is 3.36. The van der Waals surface area contributed by atoms with E-state index in [0.29, 0.717) is 5.13 Å². The molecule has 92 valence electrons. The summed E-state index contributed by atoms with van der Waals surface area (Å²) in [6, 6.07) is 0. The molecule has 17 heavy (non-hydrogen) atoms. The zero-order valence-electron chi connectivity index (χ0n) is 9.52. The van der Waals surface area contributed by atoms with Gasteiger partial charge in [0.05, 0.1) is 0 Å². The number of amides is 1. The van der Waals surface area contributed by atoms with Crippen LogP contribution >= 0.6 is 23.1 Å². The Hall–Kier alpha value is -0.880. The fourth-order valence-electron chi connectivity index (χ4n) is 1.84. The van der Waals surface area contributed by atoms with Crippen LogP contribution in [0.4, 0.5) is 5.13 Å². The first kappa shape index (κ1) is 12.6. The van der Waals surface area contributed by atoms with Gasteiger partial charge >= 0.3 is 0 Å². The van der Waals surface area contributed by atoms with Gasteiger partial charge in [-0.3, -0.25) is 4.79 Å². The Bertz CT molecular complexity index is 399. The molecule has 1 aromatic heterocycles. The van der Waals surface area contributed by atoms with Crippen molar-refractivity contribution in [2.45, 2.75) is 30.0 Å². The Morgan fingerprint density at radius 3 is 3.00 bits per heavy atom. The Kier molecular flexibility index (Phi) is 4.56. The largest absolute Gasteiger partial charge is 0.300 e. The number of nitrogens with zero attached hydrogens (tertiary/aromatic N) is 2. The molecule has 2 rings (SSSR count). The molecule has 1 aliphatic rings. The SMILES string of the molecule is C=CCSc1nnc(NC(=O)C2CCCC2)s1. The molecule has 0 bridgehead atoms. The van der Waals surface area contributed by atoms with E-state index in [4.69, 9.17) is 0 Å². The van der Waals surface area contributed by atoms with E-state index in [9.17, 15) is 4.79 Å². The van der Waals surface area contributed by atoms with Gasteiger partial charge in [0.2, 0.25) is 11.0 Å². The maximum atomic E-state index is 11.8. The lowest BCUT2D eigenvalue weighted by molar-refractivity contribution is -0.119. The van der Waals surface area contributed by atoms with Gasteiger partial charge in [0.1, 0.15) is 0 Å². The van der Waals surface area contributed by atoms with Crippen LogP contribution in [-0.2, 0) is 4.79 Å². The van der Waals surface area contributed by atoms with Crippen molar-refractivity contribution in [3.05, 3.63) is 12.7 Å². The van der Waals surface area contributed by atoms with E-state index in [-0.39, 0.29) is 11.8 Å². The summed E-state index contributed by atoms with van der Waals surface area (Å²) in [6.07, 6.45) is 6.15. The molecule has 0 saturated heterocycles. The highest BCUT2D eigenvalue weighted by atomic mass is 32.2. The first-order valence-electron chi connectivity index (χ1n) is 5.67. The van der Waals surface area contributed by atoms with E-state index >= 15 is 0 Å². The van der Waals surface area contributed by atoms with E-state index in [1.54, 1.807) is 11.8 Å². The van der Waals surface area contributed by atoms with Gasteiger partial charge < -0.3 is 5.32 Å². The lowest BCUT2D eigenvalue weighted by Crippen LogP contribution is -2.20. The highest BCUT2D eigenvalue weighted by Gasteiger charge is 2.23. The average molecular weight is 269 g/mol. The van der Waals surface area contributed by atoms with Gasteiger partial charge in [-0.25, -0.2) is 0 Å². The van der Waals surface area contributed by atoms with Crippen molar-refractivity contribution < 1.29 is 4.79 Å². The normalized spacial score (nSPS) is 16.0. The highest BCUT2D eigenvalue weighted by molar-refractivity contribution is 8.01. The number of anilines is 1. The summed E-state index contributed by atoms with van der Waals surface area (Å²) >= 11 is 3.00. The molecule has 0 radical (unpaired) electrons. The van der Waals surface area contributed by atoms with Crippen molar-refractivity contribution >= 4 is 34.1 Å². The topological polar surface area (TPSA) is 54.9 Å². The van der Waals surface area contributed by atoms with Gasteiger partial charge in [0, 0.05) is 11.7 Å². The Morgan fingerprint density at radius 1 is 1.53 bits per heavy atom. The molecule has 1 heterocycles. The first-order chi connectivity index (χ1) is 8.29. The Balaban J connectivity index is 1.87. The molecule has 0 atom stereocenters. The minimum atomic E-state index is 0.0962. The van der Waals surface area contributed by atoms with Crippen molar-refractivity contribution in [3.8, 4) is 0 Å².